The number of likely N-dealkylation sites (tertiary alicyclic amines) is 1. The zero-order chi connectivity index (χ0) is 18.2. The summed E-state index contributed by atoms with van der Waals surface area (Å²) >= 11 is 0. The van der Waals surface area contributed by atoms with Crippen LogP contribution in [0.2, 0.25) is 0 Å². The van der Waals surface area contributed by atoms with Gasteiger partial charge >= 0.3 is 0 Å². The van der Waals surface area contributed by atoms with E-state index in [0.29, 0.717) is 25.7 Å². The Hall–Kier alpha value is -2.34. The van der Waals surface area contributed by atoms with E-state index in [0.717, 1.165) is 32.0 Å². The number of rotatable bonds is 7. The second-order valence-electron chi connectivity index (χ2n) is 6.65. The van der Waals surface area contributed by atoms with E-state index in [9.17, 15) is 0 Å². The third kappa shape index (κ3) is 5.08. The fraction of sp³-hybridized carbons (Fsp3) is 0.500. The predicted octanol–water partition coefficient (Wildman–Crippen LogP) is 2.39. The molecule has 1 unspecified atom stereocenters. The monoisotopic (exact) mass is 355 g/mol. The first-order valence-electron chi connectivity index (χ1n) is 9.39. The standard InChI is InChI=1S/C20H29N5O/c1-3-21-20(22-10-12-26-16-17-7-5-4-6-8-17)25-11-9-18(15-25)19-13-23-24(2)14-19/h4-8,13-14,18H,3,9-12,15-16H2,1-2H3,(H,21,22). The predicted molar refractivity (Wildman–Crippen MR) is 104 cm³/mol. The van der Waals surface area contributed by atoms with E-state index in [1.165, 1.54) is 11.1 Å². The molecule has 140 valence electrons. The summed E-state index contributed by atoms with van der Waals surface area (Å²) in [6.45, 7) is 6.93. The molecule has 2 aromatic rings. The van der Waals surface area contributed by atoms with Gasteiger partial charge in [-0.3, -0.25) is 9.67 Å². The molecule has 26 heavy (non-hydrogen) atoms. The Labute approximate surface area is 155 Å². The van der Waals surface area contributed by atoms with Crippen molar-refractivity contribution in [3.8, 4) is 0 Å². The molecule has 0 saturated carbocycles. The Morgan fingerprint density at radius 1 is 1.35 bits per heavy atom. The molecular weight excluding hydrogens is 326 g/mol. The molecule has 1 aliphatic rings. The van der Waals surface area contributed by atoms with Crippen molar-refractivity contribution in [3.63, 3.8) is 0 Å². The van der Waals surface area contributed by atoms with Crippen molar-refractivity contribution >= 4 is 5.96 Å². The summed E-state index contributed by atoms with van der Waals surface area (Å²) in [5.41, 5.74) is 2.51. The zero-order valence-corrected chi connectivity index (χ0v) is 15.8. The number of guanidine groups is 1. The summed E-state index contributed by atoms with van der Waals surface area (Å²) < 4.78 is 7.62. The molecule has 0 aliphatic carbocycles. The van der Waals surface area contributed by atoms with Crippen LogP contribution >= 0.6 is 0 Å². The van der Waals surface area contributed by atoms with E-state index in [1.54, 1.807) is 0 Å². The van der Waals surface area contributed by atoms with Gasteiger partial charge in [0.05, 0.1) is 26.0 Å². The molecule has 1 N–H and O–H groups in total. The number of hydrogen-bond acceptors (Lipinski definition) is 3. The van der Waals surface area contributed by atoms with Crippen LogP contribution in [0.3, 0.4) is 0 Å². The van der Waals surface area contributed by atoms with Crippen LogP contribution in [0, 0.1) is 0 Å². The highest BCUT2D eigenvalue weighted by atomic mass is 16.5. The van der Waals surface area contributed by atoms with Gasteiger partial charge in [-0.25, -0.2) is 0 Å². The first-order valence-corrected chi connectivity index (χ1v) is 9.39. The second-order valence-corrected chi connectivity index (χ2v) is 6.65. The van der Waals surface area contributed by atoms with Crippen molar-refractivity contribution in [3.05, 3.63) is 53.9 Å². The maximum Gasteiger partial charge on any atom is 0.194 e. The molecule has 0 amide bonds. The molecule has 1 saturated heterocycles. The molecule has 1 aromatic carbocycles. The number of aryl methyl sites for hydroxylation is 1. The molecule has 0 bridgehead atoms. The fourth-order valence-corrected chi connectivity index (χ4v) is 3.28. The first-order chi connectivity index (χ1) is 12.8. The van der Waals surface area contributed by atoms with Crippen LogP contribution in [0.15, 0.2) is 47.7 Å². The number of aliphatic imine (C=N–C) groups is 1. The highest BCUT2D eigenvalue weighted by Crippen LogP contribution is 2.26. The smallest absolute Gasteiger partial charge is 0.194 e. The molecule has 1 atom stereocenters. The topological polar surface area (TPSA) is 54.7 Å². The zero-order valence-electron chi connectivity index (χ0n) is 15.8. The van der Waals surface area contributed by atoms with Gasteiger partial charge in [-0.1, -0.05) is 30.3 Å². The van der Waals surface area contributed by atoms with Gasteiger partial charge < -0.3 is 15.0 Å². The van der Waals surface area contributed by atoms with Gasteiger partial charge in [-0.2, -0.15) is 5.10 Å². The molecule has 0 radical (unpaired) electrons. The van der Waals surface area contributed by atoms with E-state index < -0.39 is 0 Å². The van der Waals surface area contributed by atoms with Crippen molar-refractivity contribution in [2.45, 2.75) is 25.9 Å². The summed E-state index contributed by atoms with van der Waals surface area (Å²) in [6.07, 6.45) is 5.24. The molecule has 6 heteroatoms. The van der Waals surface area contributed by atoms with Gasteiger partial charge in [0, 0.05) is 38.8 Å². The van der Waals surface area contributed by atoms with E-state index in [4.69, 9.17) is 9.73 Å². The highest BCUT2D eigenvalue weighted by molar-refractivity contribution is 5.80. The minimum absolute atomic E-state index is 0.530. The largest absolute Gasteiger partial charge is 0.375 e. The van der Waals surface area contributed by atoms with Crippen LogP contribution in [-0.4, -0.2) is 53.4 Å². The average molecular weight is 355 g/mol. The second kappa shape index (κ2) is 9.38. The fourth-order valence-electron chi connectivity index (χ4n) is 3.28. The summed E-state index contributed by atoms with van der Waals surface area (Å²) in [4.78, 5) is 7.09. The minimum Gasteiger partial charge on any atom is -0.375 e. The average Bonchev–Trinajstić information content (AvgIpc) is 3.30. The Morgan fingerprint density at radius 2 is 2.19 bits per heavy atom. The van der Waals surface area contributed by atoms with Gasteiger partial charge in [-0.15, -0.1) is 0 Å². The lowest BCUT2D eigenvalue weighted by Crippen LogP contribution is -2.40. The van der Waals surface area contributed by atoms with Crippen LogP contribution in [0.4, 0.5) is 0 Å². The maximum atomic E-state index is 5.74. The number of benzene rings is 1. The third-order valence-electron chi connectivity index (χ3n) is 4.63. The number of ether oxygens (including phenoxy) is 1. The summed E-state index contributed by atoms with van der Waals surface area (Å²) in [5.74, 6) is 1.52. The summed E-state index contributed by atoms with van der Waals surface area (Å²) in [6, 6.07) is 10.2. The lowest BCUT2D eigenvalue weighted by molar-refractivity contribution is 0.128. The van der Waals surface area contributed by atoms with Crippen LogP contribution < -0.4 is 5.32 Å². The van der Waals surface area contributed by atoms with Gasteiger partial charge in [0.25, 0.3) is 0 Å². The van der Waals surface area contributed by atoms with E-state index in [2.05, 4.69) is 40.6 Å². The van der Waals surface area contributed by atoms with Crippen LogP contribution in [0.5, 0.6) is 0 Å². The minimum atomic E-state index is 0.530. The Kier molecular flexibility index (Phi) is 6.66. The van der Waals surface area contributed by atoms with Crippen LogP contribution in [-0.2, 0) is 18.4 Å². The Balaban J connectivity index is 1.47. The van der Waals surface area contributed by atoms with Crippen molar-refractivity contribution in [1.82, 2.24) is 20.0 Å². The number of nitrogens with one attached hydrogen (secondary N) is 1. The third-order valence-corrected chi connectivity index (χ3v) is 4.63. The lowest BCUT2D eigenvalue weighted by atomic mass is 10.0. The van der Waals surface area contributed by atoms with E-state index >= 15 is 0 Å². The first kappa shape index (κ1) is 18.5. The van der Waals surface area contributed by atoms with Gasteiger partial charge in [0.2, 0.25) is 0 Å². The molecule has 1 fully saturated rings. The van der Waals surface area contributed by atoms with Crippen molar-refractivity contribution < 1.29 is 4.74 Å². The number of nitrogens with zero attached hydrogens (tertiary/aromatic N) is 4. The van der Waals surface area contributed by atoms with E-state index in [-0.39, 0.29) is 0 Å². The van der Waals surface area contributed by atoms with Crippen LogP contribution in [0.25, 0.3) is 0 Å². The SMILES string of the molecule is CCNC(=NCCOCc1ccccc1)N1CCC(c2cnn(C)c2)C1. The molecule has 0 spiro atoms. The Bertz CT molecular complexity index is 697. The quantitative estimate of drug-likeness (QED) is 0.471. The normalized spacial score (nSPS) is 17.7. The molecule has 1 aromatic heterocycles. The Morgan fingerprint density at radius 3 is 2.92 bits per heavy atom. The van der Waals surface area contributed by atoms with Crippen LogP contribution in [0.1, 0.15) is 30.4 Å². The van der Waals surface area contributed by atoms with Crippen molar-refractivity contribution in [2.75, 3.05) is 32.8 Å². The molecule has 6 nitrogen and oxygen atoms in total. The number of hydrogen-bond donors (Lipinski definition) is 1. The number of aromatic nitrogens is 2. The highest BCUT2D eigenvalue weighted by Gasteiger charge is 2.26. The van der Waals surface area contributed by atoms with Gasteiger partial charge in [0.1, 0.15) is 0 Å². The van der Waals surface area contributed by atoms with E-state index in [1.807, 2.05) is 36.1 Å². The van der Waals surface area contributed by atoms with Crippen molar-refractivity contribution in [2.24, 2.45) is 12.0 Å². The molecule has 3 rings (SSSR count). The summed E-state index contributed by atoms with van der Waals surface area (Å²) in [7, 11) is 1.97. The maximum absolute atomic E-state index is 5.74. The van der Waals surface area contributed by atoms with Gasteiger partial charge in [-0.05, 0) is 24.5 Å². The molecular formula is C20H29N5O. The molecule has 1 aliphatic heterocycles. The van der Waals surface area contributed by atoms with Gasteiger partial charge in [0.15, 0.2) is 5.96 Å². The van der Waals surface area contributed by atoms with Crippen molar-refractivity contribution in [1.29, 1.82) is 0 Å². The molecule has 2 heterocycles. The summed E-state index contributed by atoms with van der Waals surface area (Å²) in [5, 5.41) is 7.71. The lowest BCUT2D eigenvalue weighted by Gasteiger charge is -2.21.